The van der Waals surface area contributed by atoms with Gasteiger partial charge in [-0.05, 0) is 12.1 Å². The number of imide groups is 1. The highest BCUT2D eigenvalue weighted by atomic mass is 35.5. The van der Waals surface area contributed by atoms with Crippen molar-refractivity contribution < 1.29 is 33.3 Å². The average molecular weight is 446 g/mol. The van der Waals surface area contributed by atoms with Gasteiger partial charge in [0.25, 0.3) is 11.8 Å². The molecule has 0 saturated carbocycles. The van der Waals surface area contributed by atoms with E-state index >= 15 is 0 Å². The number of hydrogen-bond acceptors (Lipinski definition) is 7. The fourth-order valence-electron chi connectivity index (χ4n) is 2.63. The lowest BCUT2D eigenvalue weighted by Crippen LogP contribution is -2.33. The third-order valence-corrected chi connectivity index (χ3v) is 4.20. The summed E-state index contributed by atoms with van der Waals surface area (Å²) in [4.78, 5) is 25.6. The van der Waals surface area contributed by atoms with Gasteiger partial charge in [-0.25, -0.2) is 0 Å². The van der Waals surface area contributed by atoms with Crippen LogP contribution in [0.25, 0.3) is 0 Å². The summed E-state index contributed by atoms with van der Waals surface area (Å²) in [7, 11) is 0. The summed E-state index contributed by atoms with van der Waals surface area (Å²) in [5.74, 6) is -0.0514. The summed E-state index contributed by atoms with van der Waals surface area (Å²) in [5.41, 5.74) is 0.900. The minimum atomic E-state index is -0.269. The molecule has 0 radical (unpaired) electrons. The smallest absolute Gasteiger partial charge is 0.261 e. The Labute approximate surface area is 183 Å². The predicted octanol–water partition coefficient (Wildman–Crippen LogP) is 2.24. The van der Waals surface area contributed by atoms with E-state index in [1.807, 2.05) is 0 Å². The van der Waals surface area contributed by atoms with E-state index in [2.05, 4.69) is 0 Å². The van der Waals surface area contributed by atoms with E-state index in [1.54, 1.807) is 24.3 Å². The molecule has 1 aliphatic heterocycles. The summed E-state index contributed by atoms with van der Waals surface area (Å²) >= 11 is 5.48. The SMILES string of the molecule is C.O=C1c2ccccc2C(=O)N1CCOCCOCCOCCOCCOCCCl. The second-order valence-corrected chi connectivity index (χ2v) is 6.44. The first-order chi connectivity index (χ1) is 14.3. The Kier molecular flexibility index (Phi) is 14.3. The molecular weight excluding hydrogens is 414 g/mol. The monoisotopic (exact) mass is 445 g/mol. The molecule has 170 valence electrons. The van der Waals surface area contributed by atoms with Gasteiger partial charge in [0.2, 0.25) is 0 Å². The van der Waals surface area contributed by atoms with Crippen molar-refractivity contribution in [3.05, 3.63) is 35.4 Å². The maximum Gasteiger partial charge on any atom is 0.261 e. The van der Waals surface area contributed by atoms with Crippen molar-refractivity contribution in [2.75, 3.05) is 78.5 Å². The third-order valence-electron chi connectivity index (χ3n) is 4.05. The maximum atomic E-state index is 12.2. The van der Waals surface area contributed by atoms with E-state index in [1.165, 1.54) is 4.90 Å². The molecule has 1 aromatic carbocycles. The number of fused-ring (bicyclic) bond motifs is 1. The average Bonchev–Trinajstić information content (AvgIpc) is 2.98. The normalized spacial score (nSPS) is 12.9. The standard InChI is InChI=1S/C20H28ClNO7.CH4/c21-5-7-25-9-11-27-13-15-29-16-14-28-12-10-26-8-6-22-19(23)17-3-1-2-4-18(17)20(22)24;/h1-4H,5-16H2;1H4. The van der Waals surface area contributed by atoms with Crippen LogP contribution >= 0.6 is 11.6 Å². The molecule has 0 aromatic heterocycles. The number of rotatable bonds is 17. The van der Waals surface area contributed by atoms with Crippen molar-refractivity contribution in [2.24, 2.45) is 0 Å². The van der Waals surface area contributed by atoms with Crippen LogP contribution in [0, 0.1) is 0 Å². The minimum absolute atomic E-state index is 0. The Morgan fingerprint density at radius 3 is 1.40 bits per heavy atom. The van der Waals surface area contributed by atoms with Crippen molar-refractivity contribution in [1.29, 1.82) is 0 Å². The molecule has 0 saturated heterocycles. The molecule has 8 nitrogen and oxygen atoms in total. The highest BCUT2D eigenvalue weighted by Gasteiger charge is 2.34. The van der Waals surface area contributed by atoms with Crippen LogP contribution in [0.3, 0.4) is 0 Å². The molecule has 0 atom stereocenters. The Balaban J connectivity index is 0.00000450. The zero-order valence-electron chi connectivity index (χ0n) is 16.5. The molecule has 2 amide bonds. The first-order valence-electron chi connectivity index (χ1n) is 9.65. The first kappa shape index (κ1) is 26.5. The van der Waals surface area contributed by atoms with Gasteiger partial charge in [0.05, 0.1) is 83.7 Å². The molecule has 30 heavy (non-hydrogen) atoms. The molecule has 1 aliphatic rings. The molecule has 0 bridgehead atoms. The summed E-state index contributed by atoms with van der Waals surface area (Å²) in [6.07, 6.45) is 0. The van der Waals surface area contributed by atoms with Gasteiger partial charge in [-0.2, -0.15) is 0 Å². The number of benzene rings is 1. The topological polar surface area (TPSA) is 83.5 Å². The quantitative estimate of drug-likeness (QED) is 0.206. The minimum Gasteiger partial charge on any atom is -0.378 e. The van der Waals surface area contributed by atoms with Gasteiger partial charge in [-0.15, -0.1) is 11.6 Å². The van der Waals surface area contributed by atoms with Crippen LogP contribution in [0.5, 0.6) is 0 Å². The predicted molar refractivity (Wildman–Crippen MR) is 113 cm³/mol. The lowest BCUT2D eigenvalue weighted by Gasteiger charge is -2.13. The molecule has 0 N–H and O–H groups in total. The van der Waals surface area contributed by atoms with E-state index < -0.39 is 0 Å². The van der Waals surface area contributed by atoms with Crippen molar-refractivity contribution >= 4 is 23.4 Å². The molecule has 1 heterocycles. The Morgan fingerprint density at radius 2 is 1.00 bits per heavy atom. The Bertz CT molecular complexity index is 594. The van der Waals surface area contributed by atoms with Crippen LogP contribution in [0.15, 0.2) is 24.3 Å². The Morgan fingerprint density at radius 1 is 0.633 bits per heavy atom. The van der Waals surface area contributed by atoms with Crippen LogP contribution in [-0.4, -0.2) is 95.2 Å². The number of ether oxygens (including phenoxy) is 5. The molecule has 0 spiro atoms. The molecule has 0 fully saturated rings. The fourth-order valence-corrected chi connectivity index (χ4v) is 2.74. The lowest BCUT2D eigenvalue weighted by molar-refractivity contribution is -0.0109. The number of halogens is 1. The highest BCUT2D eigenvalue weighted by molar-refractivity contribution is 6.21. The van der Waals surface area contributed by atoms with Gasteiger partial charge in [0.1, 0.15) is 0 Å². The maximum absolute atomic E-state index is 12.2. The van der Waals surface area contributed by atoms with Crippen LogP contribution in [0.1, 0.15) is 28.1 Å². The zero-order valence-corrected chi connectivity index (χ0v) is 17.2. The van der Waals surface area contributed by atoms with E-state index in [0.717, 1.165) is 0 Å². The summed E-state index contributed by atoms with van der Waals surface area (Å²) in [6.45, 7) is 4.82. The van der Waals surface area contributed by atoms with Gasteiger partial charge in [0.15, 0.2) is 0 Å². The number of hydrogen-bond donors (Lipinski definition) is 0. The van der Waals surface area contributed by atoms with Gasteiger partial charge in [-0.3, -0.25) is 14.5 Å². The molecule has 0 unspecified atom stereocenters. The van der Waals surface area contributed by atoms with E-state index in [9.17, 15) is 9.59 Å². The second-order valence-electron chi connectivity index (χ2n) is 6.06. The number of amides is 2. The number of alkyl halides is 1. The van der Waals surface area contributed by atoms with Gasteiger partial charge in [-0.1, -0.05) is 19.6 Å². The van der Waals surface area contributed by atoms with Gasteiger partial charge >= 0.3 is 0 Å². The largest absolute Gasteiger partial charge is 0.378 e. The van der Waals surface area contributed by atoms with E-state index in [4.69, 9.17) is 35.3 Å². The van der Waals surface area contributed by atoms with E-state index in [0.29, 0.717) is 76.5 Å². The van der Waals surface area contributed by atoms with Crippen LogP contribution < -0.4 is 0 Å². The molecule has 0 aliphatic carbocycles. The zero-order chi connectivity index (χ0) is 20.7. The van der Waals surface area contributed by atoms with Gasteiger partial charge in [0, 0.05) is 5.88 Å². The molecular formula is C21H32ClNO7. The second kappa shape index (κ2) is 16.2. The Hall–Kier alpha value is -1.55. The third kappa shape index (κ3) is 9.07. The number of carbonyl (C=O) groups is 2. The molecule has 9 heteroatoms. The van der Waals surface area contributed by atoms with Crippen molar-refractivity contribution in [1.82, 2.24) is 4.90 Å². The highest BCUT2D eigenvalue weighted by Crippen LogP contribution is 2.21. The fraction of sp³-hybridized carbons (Fsp3) is 0.619. The summed E-state index contributed by atoms with van der Waals surface area (Å²) < 4.78 is 26.7. The van der Waals surface area contributed by atoms with Crippen molar-refractivity contribution in [2.45, 2.75) is 7.43 Å². The summed E-state index contributed by atoms with van der Waals surface area (Å²) in [6, 6.07) is 6.82. The van der Waals surface area contributed by atoms with Crippen LogP contribution in [0.4, 0.5) is 0 Å². The van der Waals surface area contributed by atoms with Crippen molar-refractivity contribution in [3.63, 3.8) is 0 Å². The number of nitrogens with zero attached hydrogens (tertiary/aromatic N) is 1. The van der Waals surface area contributed by atoms with Crippen LogP contribution in [0.2, 0.25) is 0 Å². The lowest BCUT2D eigenvalue weighted by atomic mass is 10.1. The summed E-state index contributed by atoms with van der Waals surface area (Å²) in [5, 5.41) is 0. The van der Waals surface area contributed by atoms with E-state index in [-0.39, 0.29) is 32.4 Å². The van der Waals surface area contributed by atoms with Crippen molar-refractivity contribution in [3.8, 4) is 0 Å². The number of carbonyl (C=O) groups excluding carboxylic acids is 2. The molecule has 2 rings (SSSR count). The van der Waals surface area contributed by atoms with Gasteiger partial charge < -0.3 is 23.7 Å². The van der Waals surface area contributed by atoms with Crippen LogP contribution in [-0.2, 0) is 23.7 Å². The molecule has 1 aromatic rings. The first-order valence-corrected chi connectivity index (χ1v) is 10.2.